The Morgan fingerprint density at radius 1 is 0.885 bits per heavy atom. The van der Waals surface area contributed by atoms with E-state index in [0.29, 0.717) is 0 Å². The van der Waals surface area contributed by atoms with Crippen molar-refractivity contribution in [1.29, 1.82) is 0 Å². The Morgan fingerprint density at radius 3 is 1.96 bits per heavy atom. The second kappa shape index (κ2) is 10.5. The smallest absolute Gasteiger partial charge is 0.224 e. The van der Waals surface area contributed by atoms with Crippen molar-refractivity contribution in [3.8, 4) is 0 Å². The van der Waals surface area contributed by atoms with E-state index in [1.807, 2.05) is 0 Å². The topological polar surface area (TPSA) is 230 Å². The first-order valence-corrected chi connectivity index (χ1v) is 7.20. The van der Waals surface area contributed by atoms with Gasteiger partial charge in [-0.2, -0.15) is 0 Å². The maximum absolute atomic E-state index is 10.0. The van der Waals surface area contributed by atoms with Gasteiger partial charge in [0.15, 0.2) is 6.29 Å². The van der Waals surface area contributed by atoms with E-state index in [1.54, 1.807) is 0 Å². The third-order valence-electron chi connectivity index (χ3n) is 4.13. The molecule has 2 aliphatic heterocycles. The van der Waals surface area contributed by atoms with Gasteiger partial charge < -0.3 is 55.4 Å². The Morgan fingerprint density at radius 2 is 1.50 bits per heavy atom. The van der Waals surface area contributed by atoms with Crippen LogP contribution in [-0.4, -0.2) is 121 Å². The zero-order valence-electron chi connectivity index (χ0n) is 13.3. The Hall–Kier alpha value is -0.000519. The van der Waals surface area contributed by atoms with Gasteiger partial charge in [-0.15, -0.1) is 0 Å². The molecule has 2 fully saturated rings. The van der Waals surface area contributed by atoms with Gasteiger partial charge in [0, 0.05) is 17.1 Å². The molecule has 0 unspecified atom stereocenters. The molecule has 2 rings (SSSR count). The van der Waals surface area contributed by atoms with Crippen molar-refractivity contribution in [2.45, 2.75) is 54.8 Å². The van der Waals surface area contributed by atoms with Crippen LogP contribution in [0.2, 0.25) is 0 Å². The average Bonchev–Trinajstić information content (AvgIpc) is 2.82. The fraction of sp³-hybridized carbons (Fsp3) is 1.00. The monoisotopic (exact) mass is 432 g/mol. The van der Waals surface area contributed by atoms with Gasteiger partial charge in [0.05, 0.1) is 6.61 Å². The molecule has 0 aromatic rings. The van der Waals surface area contributed by atoms with Crippen molar-refractivity contribution in [2.24, 2.45) is 0 Å². The maximum atomic E-state index is 10.0. The van der Waals surface area contributed by atoms with Gasteiger partial charge in [-0.05, 0) is 0 Å². The molecule has 158 valence electrons. The van der Waals surface area contributed by atoms with Crippen molar-refractivity contribution >= 4 is 0 Å². The van der Waals surface area contributed by atoms with Crippen molar-refractivity contribution < 1.29 is 82.6 Å². The second-order valence-electron chi connectivity index (χ2n) is 5.67. The van der Waals surface area contributed by atoms with Gasteiger partial charge in [0.2, 0.25) is 5.79 Å². The van der Waals surface area contributed by atoms with Gasteiger partial charge in [-0.3, -0.25) is 5.26 Å². The van der Waals surface area contributed by atoms with Crippen LogP contribution in [0.25, 0.3) is 0 Å². The molecule has 0 bridgehead atoms. The summed E-state index contributed by atoms with van der Waals surface area (Å²) in [5.41, 5.74) is 0. The number of ether oxygens (including phenoxy) is 3. The number of aliphatic hydroxyl groups excluding tert-OH is 7. The number of rotatable bonds is 6. The minimum absolute atomic E-state index is 0. The number of hydrogen-bond acceptors (Lipinski definition) is 12. The quantitative estimate of drug-likeness (QED) is 0.112. The van der Waals surface area contributed by atoms with E-state index in [0.717, 1.165) is 0 Å². The second-order valence-corrected chi connectivity index (χ2v) is 5.67. The first-order valence-electron chi connectivity index (χ1n) is 7.20. The molecular weight excluding hydrogens is 408 g/mol. The molecule has 0 saturated carbocycles. The first kappa shape index (κ1) is 26.0. The molecule has 9 atom stereocenters. The molecule has 13 nitrogen and oxygen atoms in total. The molecular formula is C12H24FeO13. The van der Waals surface area contributed by atoms with E-state index < -0.39 is 74.6 Å². The van der Waals surface area contributed by atoms with Gasteiger partial charge in [-0.1, -0.05) is 0 Å². The van der Waals surface area contributed by atoms with Crippen LogP contribution in [0, 0.1) is 0 Å². The van der Waals surface area contributed by atoms with Crippen LogP contribution in [0.1, 0.15) is 0 Å². The van der Waals surface area contributed by atoms with Gasteiger partial charge in [0.25, 0.3) is 0 Å². The Labute approximate surface area is 158 Å². The van der Waals surface area contributed by atoms with E-state index in [-0.39, 0.29) is 22.5 Å². The number of aliphatic hydroxyl groups is 7. The van der Waals surface area contributed by atoms with Crippen LogP contribution in [0.3, 0.4) is 0 Å². The molecule has 0 radical (unpaired) electrons. The molecule has 0 aromatic carbocycles. The largest absolute Gasteiger partial charge is 0.412 e. The summed E-state index contributed by atoms with van der Waals surface area (Å²) in [6.45, 7) is -2.23. The van der Waals surface area contributed by atoms with E-state index in [9.17, 15) is 30.6 Å². The Bertz CT molecular complexity index is 417. The van der Waals surface area contributed by atoms with Crippen LogP contribution in [0.4, 0.5) is 0 Å². The number of hydrogen-bond donors (Lipinski definition) is 8. The van der Waals surface area contributed by atoms with Crippen molar-refractivity contribution in [2.75, 3.05) is 19.8 Å². The summed E-state index contributed by atoms with van der Waals surface area (Å²) in [5.74, 6) is -2.24. The fourth-order valence-corrected chi connectivity index (χ4v) is 2.69. The molecule has 2 heterocycles. The molecule has 14 heteroatoms. The third-order valence-corrected chi connectivity index (χ3v) is 4.13. The van der Waals surface area contributed by atoms with Crippen molar-refractivity contribution in [3.63, 3.8) is 0 Å². The normalized spacial score (nSPS) is 45.7. The first-order chi connectivity index (χ1) is 11.3. The summed E-state index contributed by atoms with van der Waals surface area (Å²) in [5, 5.41) is 76.3. The molecule has 0 aromatic heterocycles. The maximum Gasteiger partial charge on any atom is 0.224 e. The van der Waals surface area contributed by atoms with E-state index in [2.05, 4.69) is 4.89 Å². The van der Waals surface area contributed by atoms with E-state index in [1.165, 1.54) is 0 Å². The summed E-state index contributed by atoms with van der Waals surface area (Å²) in [6.07, 6.45) is -12.8. The fourth-order valence-electron chi connectivity index (χ4n) is 2.69. The van der Waals surface area contributed by atoms with E-state index in [4.69, 9.17) is 24.6 Å². The standard InChI is InChI=1S/C12H22O12.Fe.H2O/c13-1-4-7(16)10(19)12(3-14,23-4)24-11-9(18)8(17)6(15)5(22-11)2-21-20;;/h4-11,13-20H,1-3H2;;1H2/t4-,5-,6-,7-,8+,9-,10+,11-,12+;;/m1../s1. The Balaban J connectivity index is 0.00000312. The van der Waals surface area contributed by atoms with Crippen LogP contribution in [0.15, 0.2) is 0 Å². The summed E-state index contributed by atoms with van der Waals surface area (Å²) in [7, 11) is 0. The SMILES string of the molecule is O.OC[C@H]1O[C@@](CO)(O[C@H]2O[C@H](COO)[C@@H](O)[C@H](O)[C@H]2O)[C@@H](O)[C@@H]1O.[Fe]. The molecule has 2 saturated heterocycles. The minimum atomic E-state index is -2.24. The molecule has 10 N–H and O–H groups in total. The summed E-state index contributed by atoms with van der Waals surface area (Å²) in [4.78, 5) is 3.84. The Kier molecular flexibility index (Phi) is 10.5. The van der Waals surface area contributed by atoms with Crippen LogP contribution in [0.5, 0.6) is 0 Å². The van der Waals surface area contributed by atoms with E-state index >= 15 is 0 Å². The average molecular weight is 432 g/mol. The molecule has 2 aliphatic rings. The third kappa shape index (κ3) is 4.70. The minimum Gasteiger partial charge on any atom is -0.412 e. The summed E-state index contributed by atoms with van der Waals surface area (Å²) in [6, 6.07) is 0. The van der Waals surface area contributed by atoms with Gasteiger partial charge in [0.1, 0.15) is 55.9 Å². The van der Waals surface area contributed by atoms with Crippen LogP contribution >= 0.6 is 0 Å². The van der Waals surface area contributed by atoms with Gasteiger partial charge in [-0.25, -0.2) is 4.89 Å². The summed E-state index contributed by atoms with van der Waals surface area (Å²) >= 11 is 0. The molecule has 0 aliphatic carbocycles. The van der Waals surface area contributed by atoms with Crippen LogP contribution < -0.4 is 0 Å². The summed E-state index contributed by atoms with van der Waals surface area (Å²) < 4.78 is 15.5. The van der Waals surface area contributed by atoms with Crippen molar-refractivity contribution in [3.05, 3.63) is 0 Å². The zero-order valence-corrected chi connectivity index (χ0v) is 14.4. The molecule has 0 amide bonds. The van der Waals surface area contributed by atoms with Crippen molar-refractivity contribution in [1.82, 2.24) is 0 Å². The zero-order chi connectivity index (χ0) is 18.1. The van der Waals surface area contributed by atoms with Crippen LogP contribution in [-0.2, 0) is 36.2 Å². The predicted molar refractivity (Wildman–Crippen MR) is 73.8 cm³/mol. The molecule has 0 spiro atoms. The predicted octanol–water partition coefficient (Wildman–Crippen LogP) is -5.73. The molecule has 26 heavy (non-hydrogen) atoms. The van der Waals surface area contributed by atoms with Gasteiger partial charge >= 0.3 is 0 Å².